The largest absolute Gasteiger partial charge is 0.381 e. The average Bonchev–Trinajstić information content (AvgIpc) is 2.46. The standard InChI is InChI=1S/C18H30N4O/c1-18(2,3)16-7-8-17(20-19-16)22-11-15(12-22)21(4)10-14-6-5-9-23-13-14/h7-8,14-15H,5-6,9-13H2,1-4H3. The first-order valence-corrected chi connectivity index (χ1v) is 8.80. The summed E-state index contributed by atoms with van der Waals surface area (Å²) in [5, 5.41) is 8.81. The Morgan fingerprint density at radius 1 is 1.26 bits per heavy atom. The van der Waals surface area contributed by atoms with Gasteiger partial charge in [0.05, 0.1) is 12.3 Å². The number of anilines is 1. The summed E-state index contributed by atoms with van der Waals surface area (Å²) in [5.41, 5.74) is 1.11. The van der Waals surface area contributed by atoms with Crippen molar-refractivity contribution < 1.29 is 4.74 Å². The summed E-state index contributed by atoms with van der Waals surface area (Å²) in [5.74, 6) is 1.71. The van der Waals surface area contributed by atoms with E-state index in [0.29, 0.717) is 12.0 Å². The topological polar surface area (TPSA) is 41.5 Å². The van der Waals surface area contributed by atoms with Crippen LogP contribution in [0.3, 0.4) is 0 Å². The van der Waals surface area contributed by atoms with Crippen molar-refractivity contribution in [3.63, 3.8) is 0 Å². The van der Waals surface area contributed by atoms with Gasteiger partial charge in [-0.2, -0.15) is 5.10 Å². The lowest BCUT2D eigenvalue weighted by atomic mass is 9.92. The van der Waals surface area contributed by atoms with Gasteiger partial charge in [0.1, 0.15) is 0 Å². The van der Waals surface area contributed by atoms with Crippen LogP contribution in [0, 0.1) is 5.92 Å². The predicted octanol–water partition coefficient (Wildman–Crippen LogP) is 2.32. The van der Waals surface area contributed by atoms with Crippen LogP contribution in [0.25, 0.3) is 0 Å². The molecule has 2 fully saturated rings. The van der Waals surface area contributed by atoms with Crippen LogP contribution in [0.2, 0.25) is 0 Å². The van der Waals surface area contributed by atoms with Gasteiger partial charge in [0.2, 0.25) is 0 Å². The fourth-order valence-corrected chi connectivity index (χ4v) is 3.32. The average molecular weight is 318 g/mol. The first kappa shape index (κ1) is 16.7. The van der Waals surface area contributed by atoms with Crippen molar-refractivity contribution in [1.82, 2.24) is 15.1 Å². The fraction of sp³-hybridized carbons (Fsp3) is 0.778. The number of rotatable bonds is 4. The van der Waals surface area contributed by atoms with Crippen molar-refractivity contribution in [2.75, 3.05) is 44.8 Å². The molecule has 2 saturated heterocycles. The van der Waals surface area contributed by atoms with Gasteiger partial charge in [-0.05, 0) is 37.9 Å². The Hall–Kier alpha value is -1.20. The fourth-order valence-electron chi connectivity index (χ4n) is 3.32. The minimum atomic E-state index is 0.0608. The zero-order chi connectivity index (χ0) is 16.4. The molecule has 2 aliphatic rings. The van der Waals surface area contributed by atoms with E-state index in [1.807, 2.05) is 0 Å². The molecular weight excluding hydrogens is 288 g/mol. The molecule has 5 heteroatoms. The third-order valence-electron chi connectivity index (χ3n) is 5.03. The maximum Gasteiger partial charge on any atom is 0.151 e. The van der Waals surface area contributed by atoms with E-state index in [2.05, 4.69) is 59.9 Å². The third-order valence-corrected chi connectivity index (χ3v) is 5.03. The highest BCUT2D eigenvalue weighted by molar-refractivity contribution is 5.42. The van der Waals surface area contributed by atoms with Crippen LogP contribution in [-0.2, 0) is 10.2 Å². The maximum atomic E-state index is 5.59. The molecule has 1 aromatic rings. The highest BCUT2D eigenvalue weighted by Gasteiger charge is 2.32. The van der Waals surface area contributed by atoms with Crippen molar-refractivity contribution in [2.24, 2.45) is 5.92 Å². The Morgan fingerprint density at radius 2 is 2.04 bits per heavy atom. The highest BCUT2D eigenvalue weighted by Crippen LogP contribution is 2.25. The number of likely N-dealkylation sites (N-methyl/N-ethyl adjacent to an activating group) is 1. The van der Waals surface area contributed by atoms with Crippen LogP contribution in [0.4, 0.5) is 5.82 Å². The molecule has 0 amide bonds. The van der Waals surface area contributed by atoms with Crippen LogP contribution in [0.1, 0.15) is 39.3 Å². The second-order valence-electron chi connectivity index (χ2n) is 8.11. The van der Waals surface area contributed by atoms with Crippen molar-refractivity contribution in [3.05, 3.63) is 17.8 Å². The molecule has 5 nitrogen and oxygen atoms in total. The lowest BCUT2D eigenvalue weighted by molar-refractivity contribution is 0.0339. The zero-order valence-electron chi connectivity index (χ0n) is 15.0. The molecule has 0 aliphatic carbocycles. The molecule has 0 bridgehead atoms. The zero-order valence-corrected chi connectivity index (χ0v) is 15.0. The number of aromatic nitrogens is 2. The monoisotopic (exact) mass is 318 g/mol. The summed E-state index contributed by atoms with van der Waals surface area (Å²) < 4.78 is 5.59. The quantitative estimate of drug-likeness (QED) is 0.852. The van der Waals surface area contributed by atoms with Gasteiger partial charge in [0.15, 0.2) is 5.82 Å². The molecule has 1 atom stereocenters. The van der Waals surface area contributed by atoms with Gasteiger partial charge in [0, 0.05) is 37.7 Å². The normalized spacial score (nSPS) is 23.2. The second-order valence-corrected chi connectivity index (χ2v) is 8.11. The smallest absolute Gasteiger partial charge is 0.151 e. The molecular formula is C18H30N4O. The third kappa shape index (κ3) is 4.01. The molecule has 0 spiro atoms. The molecule has 1 aromatic heterocycles. The van der Waals surface area contributed by atoms with Crippen LogP contribution >= 0.6 is 0 Å². The molecule has 0 N–H and O–H groups in total. The maximum absolute atomic E-state index is 5.59. The van der Waals surface area contributed by atoms with Crippen molar-refractivity contribution in [3.8, 4) is 0 Å². The second kappa shape index (κ2) is 6.73. The van der Waals surface area contributed by atoms with E-state index in [9.17, 15) is 0 Å². The first-order valence-electron chi connectivity index (χ1n) is 8.80. The van der Waals surface area contributed by atoms with Gasteiger partial charge in [0.25, 0.3) is 0 Å². The van der Waals surface area contributed by atoms with Crippen LogP contribution in [0.15, 0.2) is 12.1 Å². The Labute approximate surface area is 140 Å². The van der Waals surface area contributed by atoms with Gasteiger partial charge >= 0.3 is 0 Å². The molecule has 0 aromatic carbocycles. The lowest BCUT2D eigenvalue weighted by Gasteiger charge is -2.45. The number of hydrogen-bond donors (Lipinski definition) is 0. The summed E-state index contributed by atoms with van der Waals surface area (Å²) in [7, 11) is 2.24. The summed E-state index contributed by atoms with van der Waals surface area (Å²) in [6, 6.07) is 4.85. The van der Waals surface area contributed by atoms with Crippen LogP contribution in [-0.4, -0.2) is 61.0 Å². The van der Waals surface area contributed by atoms with E-state index >= 15 is 0 Å². The van der Waals surface area contributed by atoms with Crippen LogP contribution < -0.4 is 4.90 Å². The molecule has 3 rings (SSSR count). The Kier molecular flexibility index (Phi) is 4.87. The van der Waals surface area contributed by atoms with Gasteiger partial charge in [-0.15, -0.1) is 5.10 Å². The van der Waals surface area contributed by atoms with E-state index in [1.54, 1.807) is 0 Å². The molecule has 23 heavy (non-hydrogen) atoms. The van der Waals surface area contributed by atoms with E-state index in [-0.39, 0.29) is 5.41 Å². The van der Waals surface area contributed by atoms with Gasteiger partial charge in [-0.3, -0.25) is 4.90 Å². The Bertz CT molecular complexity index is 499. The molecule has 0 saturated carbocycles. The van der Waals surface area contributed by atoms with Crippen molar-refractivity contribution in [2.45, 2.75) is 45.1 Å². The first-order chi connectivity index (χ1) is 10.9. The van der Waals surface area contributed by atoms with Gasteiger partial charge in [-0.25, -0.2) is 0 Å². The highest BCUT2D eigenvalue weighted by atomic mass is 16.5. The minimum absolute atomic E-state index is 0.0608. The van der Waals surface area contributed by atoms with Crippen molar-refractivity contribution in [1.29, 1.82) is 0 Å². The summed E-state index contributed by atoms with van der Waals surface area (Å²) in [6.45, 7) is 11.6. The number of nitrogens with zero attached hydrogens (tertiary/aromatic N) is 4. The molecule has 128 valence electrons. The van der Waals surface area contributed by atoms with Crippen LogP contribution in [0.5, 0.6) is 0 Å². The number of hydrogen-bond acceptors (Lipinski definition) is 5. The van der Waals surface area contributed by atoms with Gasteiger partial charge < -0.3 is 9.64 Å². The molecule has 2 aliphatic heterocycles. The van der Waals surface area contributed by atoms with E-state index in [1.165, 1.54) is 12.8 Å². The summed E-state index contributed by atoms with van der Waals surface area (Å²) in [4.78, 5) is 4.81. The lowest BCUT2D eigenvalue weighted by Crippen LogP contribution is -2.59. The van der Waals surface area contributed by atoms with E-state index in [4.69, 9.17) is 4.74 Å². The predicted molar refractivity (Wildman–Crippen MR) is 92.9 cm³/mol. The Morgan fingerprint density at radius 3 is 2.61 bits per heavy atom. The Balaban J connectivity index is 1.48. The van der Waals surface area contributed by atoms with E-state index < -0.39 is 0 Å². The molecule has 0 radical (unpaired) electrons. The SMILES string of the molecule is CN(CC1CCCOC1)C1CN(c2ccc(C(C)(C)C)nn2)C1. The minimum Gasteiger partial charge on any atom is -0.381 e. The molecule has 3 heterocycles. The van der Waals surface area contributed by atoms with E-state index in [0.717, 1.165) is 44.4 Å². The van der Waals surface area contributed by atoms with Gasteiger partial charge in [-0.1, -0.05) is 20.8 Å². The summed E-state index contributed by atoms with van der Waals surface area (Å²) in [6.07, 6.45) is 2.52. The number of ether oxygens (including phenoxy) is 1. The molecule has 1 unspecified atom stereocenters. The van der Waals surface area contributed by atoms with Crippen molar-refractivity contribution >= 4 is 5.82 Å². The summed E-state index contributed by atoms with van der Waals surface area (Å²) >= 11 is 0.